The molecule has 4 N–H and O–H groups in total. The van der Waals surface area contributed by atoms with E-state index in [1.807, 2.05) is 30.3 Å². The predicted octanol–water partition coefficient (Wildman–Crippen LogP) is 2.52. The smallest absolute Gasteiger partial charge is 0.268 e. The molecule has 12 nitrogen and oxygen atoms in total. The van der Waals surface area contributed by atoms with Crippen LogP contribution in [-0.4, -0.2) is 49.9 Å². The molecule has 3 aromatic heterocycles. The summed E-state index contributed by atoms with van der Waals surface area (Å²) in [6.07, 6.45) is 5.66. The summed E-state index contributed by atoms with van der Waals surface area (Å²) in [6.45, 7) is 0.136. The Morgan fingerprint density at radius 1 is 1.22 bits per heavy atom. The van der Waals surface area contributed by atoms with Crippen molar-refractivity contribution >= 4 is 38.8 Å². The summed E-state index contributed by atoms with van der Waals surface area (Å²) in [7, 11) is -3.45. The Bertz CT molecular complexity index is 1550. The average molecular weight is 527 g/mol. The maximum atomic E-state index is 12.5. The first kappa shape index (κ1) is 22.8. The molecule has 6 rings (SSSR count). The van der Waals surface area contributed by atoms with E-state index in [2.05, 4.69) is 29.9 Å². The number of imidazole rings is 1. The Hall–Kier alpha value is -3.62. The maximum absolute atomic E-state index is 12.5. The van der Waals surface area contributed by atoms with Crippen molar-refractivity contribution in [3.8, 4) is 11.3 Å². The van der Waals surface area contributed by atoms with Gasteiger partial charge in [-0.2, -0.15) is 5.10 Å². The van der Waals surface area contributed by atoms with Crippen LogP contribution in [0.15, 0.2) is 59.4 Å². The van der Waals surface area contributed by atoms with Crippen LogP contribution in [0, 0.1) is 0 Å². The highest BCUT2D eigenvalue weighted by atomic mass is 32.2. The first-order valence-electron chi connectivity index (χ1n) is 11.2. The van der Waals surface area contributed by atoms with E-state index >= 15 is 0 Å². The molecule has 186 valence electrons. The van der Waals surface area contributed by atoms with Gasteiger partial charge >= 0.3 is 0 Å². The summed E-state index contributed by atoms with van der Waals surface area (Å²) in [4.78, 5) is 12.9. The van der Waals surface area contributed by atoms with E-state index in [-0.39, 0.29) is 24.2 Å². The number of thioether (sulfide) groups is 1. The Morgan fingerprint density at radius 3 is 2.89 bits per heavy atom. The first-order valence-corrected chi connectivity index (χ1v) is 13.7. The lowest BCUT2D eigenvalue weighted by Gasteiger charge is -2.15. The number of ether oxygens (including phenoxy) is 2. The largest absolute Gasteiger partial charge is 0.454 e. The van der Waals surface area contributed by atoms with Gasteiger partial charge in [0.25, 0.3) is 6.29 Å². The van der Waals surface area contributed by atoms with Crippen LogP contribution in [0.1, 0.15) is 24.7 Å². The van der Waals surface area contributed by atoms with Gasteiger partial charge in [0.2, 0.25) is 15.1 Å². The van der Waals surface area contributed by atoms with Crippen LogP contribution in [0.2, 0.25) is 0 Å². The fourth-order valence-electron chi connectivity index (χ4n) is 3.84. The lowest BCUT2D eigenvalue weighted by atomic mass is 10.0. The maximum Gasteiger partial charge on any atom is 0.268 e. The molecule has 0 bridgehead atoms. The number of H-pyrrole nitrogens is 1. The summed E-state index contributed by atoms with van der Waals surface area (Å²) in [6, 6.07) is 9.60. The number of hydrogen-bond acceptors (Lipinski definition) is 10. The zero-order chi connectivity index (χ0) is 24.7. The minimum atomic E-state index is -3.45. The van der Waals surface area contributed by atoms with Crippen LogP contribution in [-0.2, 0) is 26.0 Å². The molecule has 0 spiro atoms. The number of sulfonamides is 1. The van der Waals surface area contributed by atoms with Crippen molar-refractivity contribution in [2.45, 2.75) is 36.9 Å². The Labute approximate surface area is 210 Å². The molecule has 1 aromatic carbocycles. The highest BCUT2D eigenvalue weighted by Gasteiger charge is 2.29. The lowest BCUT2D eigenvalue weighted by Crippen LogP contribution is -2.30. The number of fused-ring (bicyclic) bond motifs is 1. The minimum absolute atomic E-state index is 0.0387. The van der Waals surface area contributed by atoms with Crippen LogP contribution in [0.4, 0.5) is 5.82 Å². The SMILES string of the molecule is Nc1ncnc2c1nc(SC1=COC(c3ccccc3-c3cc[nH]n3)O1)n2CCS(=O)(=O)NC1CC1. The van der Waals surface area contributed by atoms with Crippen molar-refractivity contribution in [3.05, 3.63) is 59.8 Å². The number of nitrogens with zero attached hydrogens (tertiary/aromatic N) is 5. The molecule has 1 aliphatic heterocycles. The van der Waals surface area contributed by atoms with Gasteiger partial charge in [-0.15, -0.1) is 0 Å². The number of benzene rings is 1. The fraction of sp³-hybridized carbons (Fsp3) is 0.273. The molecular weight excluding hydrogens is 504 g/mol. The summed E-state index contributed by atoms with van der Waals surface area (Å²) >= 11 is 1.20. The van der Waals surface area contributed by atoms with Gasteiger partial charge in [0, 0.05) is 29.9 Å². The zero-order valence-corrected chi connectivity index (χ0v) is 20.5. The summed E-state index contributed by atoms with van der Waals surface area (Å²) < 4.78 is 41.3. The number of aryl methyl sites for hydroxylation is 1. The van der Waals surface area contributed by atoms with Crippen LogP contribution in [0.5, 0.6) is 0 Å². The third-order valence-electron chi connectivity index (χ3n) is 5.73. The number of nitrogens with one attached hydrogen (secondary N) is 2. The second-order valence-electron chi connectivity index (χ2n) is 8.36. The molecule has 14 heteroatoms. The van der Waals surface area contributed by atoms with Crippen molar-refractivity contribution < 1.29 is 17.9 Å². The molecule has 1 atom stereocenters. The van der Waals surface area contributed by atoms with Gasteiger partial charge in [-0.05, 0) is 30.7 Å². The fourth-order valence-corrected chi connectivity index (χ4v) is 5.97. The van der Waals surface area contributed by atoms with E-state index in [9.17, 15) is 8.42 Å². The average Bonchev–Trinajstić information content (AvgIpc) is 3.26. The second-order valence-corrected chi connectivity index (χ2v) is 11.2. The molecule has 4 heterocycles. The molecule has 1 fully saturated rings. The van der Waals surface area contributed by atoms with Gasteiger partial charge in [0.15, 0.2) is 22.1 Å². The number of hydrogen-bond donors (Lipinski definition) is 3. The number of rotatable bonds is 9. The van der Waals surface area contributed by atoms with Crippen molar-refractivity contribution in [2.75, 3.05) is 11.5 Å². The normalized spacial score (nSPS) is 17.7. The van der Waals surface area contributed by atoms with E-state index in [1.165, 1.54) is 24.4 Å². The molecule has 1 aliphatic carbocycles. The molecule has 0 saturated heterocycles. The van der Waals surface area contributed by atoms with Crippen molar-refractivity contribution in [2.24, 2.45) is 0 Å². The second kappa shape index (κ2) is 9.11. The first-order chi connectivity index (χ1) is 17.5. The third kappa shape index (κ3) is 4.62. The van der Waals surface area contributed by atoms with Crippen LogP contribution in [0.25, 0.3) is 22.4 Å². The number of nitrogens with two attached hydrogens (primary N) is 1. The quantitative estimate of drug-likeness (QED) is 0.295. The molecular formula is C22H22N8O4S2. The van der Waals surface area contributed by atoms with Crippen LogP contribution < -0.4 is 10.5 Å². The van der Waals surface area contributed by atoms with E-state index in [4.69, 9.17) is 15.2 Å². The molecule has 0 amide bonds. The van der Waals surface area contributed by atoms with Gasteiger partial charge in [0.05, 0.1) is 11.4 Å². The molecule has 0 radical (unpaired) electrons. The number of aromatic amines is 1. The molecule has 1 saturated carbocycles. The number of nitrogen functional groups attached to an aromatic ring is 1. The Morgan fingerprint density at radius 2 is 2.08 bits per heavy atom. The van der Waals surface area contributed by atoms with Gasteiger partial charge in [-0.25, -0.2) is 28.1 Å². The summed E-state index contributed by atoms with van der Waals surface area (Å²) in [5.74, 6) is 0.0885. The highest BCUT2D eigenvalue weighted by molar-refractivity contribution is 8.02. The van der Waals surface area contributed by atoms with Crippen LogP contribution in [0.3, 0.4) is 0 Å². The van der Waals surface area contributed by atoms with Crippen LogP contribution >= 0.6 is 11.8 Å². The molecule has 2 aliphatic rings. The van der Waals surface area contributed by atoms with Crippen molar-refractivity contribution in [3.63, 3.8) is 0 Å². The van der Waals surface area contributed by atoms with Crippen molar-refractivity contribution in [1.29, 1.82) is 0 Å². The van der Waals surface area contributed by atoms with E-state index < -0.39 is 16.3 Å². The van der Waals surface area contributed by atoms with Gasteiger partial charge in [0.1, 0.15) is 12.6 Å². The topological polar surface area (TPSA) is 163 Å². The Balaban J connectivity index is 1.24. The number of anilines is 1. The van der Waals surface area contributed by atoms with E-state index in [0.29, 0.717) is 21.4 Å². The minimum Gasteiger partial charge on any atom is -0.454 e. The van der Waals surface area contributed by atoms with Gasteiger partial charge < -0.3 is 19.8 Å². The molecule has 1 unspecified atom stereocenters. The van der Waals surface area contributed by atoms with E-state index in [0.717, 1.165) is 29.7 Å². The zero-order valence-electron chi connectivity index (χ0n) is 18.9. The number of aromatic nitrogens is 6. The lowest BCUT2D eigenvalue weighted by molar-refractivity contribution is -0.0269. The third-order valence-corrected chi connectivity index (χ3v) is 8.03. The van der Waals surface area contributed by atoms with Gasteiger partial charge in [-0.3, -0.25) is 5.10 Å². The van der Waals surface area contributed by atoms with E-state index in [1.54, 1.807) is 10.8 Å². The highest BCUT2D eigenvalue weighted by Crippen LogP contribution is 2.40. The molecule has 4 aromatic rings. The van der Waals surface area contributed by atoms with Gasteiger partial charge in [-0.1, -0.05) is 24.3 Å². The Kier molecular flexibility index (Phi) is 5.78. The molecule has 36 heavy (non-hydrogen) atoms. The summed E-state index contributed by atoms with van der Waals surface area (Å²) in [5, 5.41) is 8.00. The standard InChI is InChI=1S/C22H22N8O4S2/c23-19-18-20(25-12-24-19)30(9-10-36(31,32)29-13-5-6-13)22(27-18)35-17-11-33-21(34-17)15-4-2-1-3-14(15)16-7-8-26-28-16/h1-4,7-8,11-13,21,29H,5-6,9-10H2,(H,26,28)(H2,23,24,25). The monoisotopic (exact) mass is 526 g/mol. The van der Waals surface area contributed by atoms with Crippen molar-refractivity contribution in [1.82, 2.24) is 34.4 Å². The summed E-state index contributed by atoms with van der Waals surface area (Å²) in [5.41, 5.74) is 9.34. The predicted molar refractivity (Wildman–Crippen MR) is 133 cm³/mol.